The van der Waals surface area contributed by atoms with Gasteiger partial charge in [0.05, 0.1) is 11.1 Å². The van der Waals surface area contributed by atoms with Gasteiger partial charge in [-0.1, -0.05) is 54.6 Å². The number of aliphatic hydroxyl groups is 1. The minimum absolute atomic E-state index is 0.0110. The van der Waals surface area contributed by atoms with Crippen molar-refractivity contribution in [2.75, 3.05) is 11.9 Å². The Morgan fingerprint density at radius 1 is 0.881 bits per heavy atom. The minimum atomic E-state index is -1.96. The fraction of sp³-hybridized carbons (Fsp3) is 0.194. The molecule has 0 bridgehead atoms. The zero-order valence-corrected chi connectivity index (χ0v) is 22.5. The second-order valence-electron chi connectivity index (χ2n) is 9.73. The van der Waals surface area contributed by atoms with E-state index in [4.69, 9.17) is 14.2 Å². The van der Waals surface area contributed by atoms with Crippen LogP contribution >= 0.6 is 0 Å². The van der Waals surface area contributed by atoms with Crippen molar-refractivity contribution in [2.45, 2.75) is 31.0 Å². The van der Waals surface area contributed by atoms with Crippen molar-refractivity contribution in [1.82, 2.24) is 9.55 Å². The summed E-state index contributed by atoms with van der Waals surface area (Å²) < 4.78 is 18.1. The van der Waals surface area contributed by atoms with E-state index in [0.717, 1.165) is 4.57 Å². The van der Waals surface area contributed by atoms with E-state index < -0.39 is 47.6 Å². The monoisotopic (exact) mass is 569 g/mol. The fourth-order valence-corrected chi connectivity index (χ4v) is 4.57. The molecule has 214 valence electrons. The molecule has 1 fully saturated rings. The van der Waals surface area contributed by atoms with Gasteiger partial charge in [-0.25, -0.2) is 14.4 Å². The number of hydrogen-bond acceptors (Lipinski definition) is 9. The van der Waals surface area contributed by atoms with Crippen LogP contribution in [-0.2, 0) is 14.2 Å². The fourth-order valence-electron chi connectivity index (χ4n) is 4.57. The molecule has 1 amide bonds. The Bertz CT molecular complexity index is 1620. The highest BCUT2D eigenvalue weighted by atomic mass is 16.6. The van der Waals surface area contributed by atoms with Gasteiger partial charge in [-0.3, -0.25) is 9.36 Å². The summed E-state index contributed by atoms with van der Waals surface area (Å²) in [6.07, 6.45) is -2.58. The van der Waals surface area contributed by atoms with E-state index in [-0.39, 0.29) is 18.0 Å². The molecule has 5 rings (SSSR count). The van der Waals surface area contributed by atoms with E-state index >= 15 is 0 Å². The van der Waals surface area contributed by atoms with Crippen molar-refractivity contribution in [3.8, 4) is 0 Å². The molecule has 0 unspecified atom stereocenters. The van der Waals surface area contributed by atoms with E-state index in [2.05, 4.69) is 10.3 Å². The molecule has 11 nitrogen and oxygen atoms in total. The number of nitrogens with zero attached hydrogens (tertiary/aromatic N) is 2. The number of benzene rings is 3. The Balaban J connectivity index is 1.39. The Labute approximate surface area is 240 Å². The minimum Gasteiger partial charge on any atom is -0.459 e. The molecule has 1 aliphatic rings. The zero-order valence-electron chi connectivity index (χ0n) is 22.5. The SMILES string of the molecule is C[C@@]1(O)[C@H](OC(=O)c2ccccc2)[C@@H](COC(=O)c2ccccc2)O[C@H]1n1ccc(NC(=O)c2ccccc2)nc1=O. The van der Waals surface area contributed by atoms with E-state index in [1.165, 1.54) is 19.2 Å². The molecule has 1 aromatic heterocycles. The molecule has 1 aliphatic heterocycles. The van der Waals surface area contributed by atoms with Gasteiger partial charge in [0.2, 0.25) is 0 Å². The average Bonchev–Trinajstić information content (AvgIpc) is 3.25. The van der Waals surface area contributed by atoms with Gasteiger partial charge >= 0.3 is 17.6 Å². The normalized spacial score (nSPS) is 21.3. The van der Waals surface area contributed by atoms with Gasteiger partial charge in [0, 0.05) is 11.8 Å². The summed E-state index contributed by atoms with van der Waals surface area (Å²) in [5, 5.41) is 14.2. The quantitative estimate of drug-likeness (QED) is 0.305. The molecule has 3 aromatic carbocycles. The molecule has 4 atom stereocenters. The van der Waals surface area contributed by atoms with E-state index in [0.29, 0.717) is 11.1 Å². The molecule has 42 heavy (non-hydrogen) atoms. The number of hydrogen-bond donors (Lipinski definition) is 2. The van der Waals surface area contributed by atoms with Gasteiger partial charge in [-0.15, -0.1) is 0 Å². The average molecular weight is 570 g/mol. The van der Waals surface area contributed by atoms with Crippen molar-refractivity contribution in [1.29, 1.82) is 0 Å². The van der Waals surface area contributed by atoms with Gasteiger partial charge in [-0.2, -0.15) is 4.98 Å². The topological polar surface area (TPSA) is 146 Å². The van der Waals surface area contributed by atoms with Crippen molar-refractivity contribution in [3.05, 3.63) is 130 Å². The van der Waals surface area contributed by atoms with Crippen LogP contribution in [0.25, 0.3) is 0 Å². The number of esters is 2. The Morgan fingerprint density at radius 3 is 2.00 bits per heavy atom. The number of ether oxygens (including phenoxy) is 3. The van der Waals surface area contributed by atoms with Crippen molar-refractivity contribution < 1.29 is 33.7 Å². The summed E-state index contributed by atoms with van der Waals surface area (Å²) in [7, 11) is 0. The van der Waals surface area contributed by atoms with Gasteiger partial charge in [0.25, 0.3) is 5.91 Å². The summed E-state index contributed by atoms with van der Waals surface area (Å²) in [5.74, 6) is -1.86. The van der Waals surface area contributed by atoms with Crippen LogP contribution < -0.4 is 11.0 Å². The summed E-state index contributed by atoms with van der Waals surface area (Å²) in [5.41, 5.74) is -1.91. The number of anilines is 1. The lowest BCUT2D eigenvalue weighted by atomic mass is 9.96. The van der Waals surface area contributed by atoms with Crippen LogP contribution in [0.4, 0.5) is 5.82 Å². The summed E-state index contributed by atoms with van der Waals surface area (Å²) in [4.78, 5) is 55.0. The van der Waals surface area contributed by atoms with Crippen molar-refractivity contribution in [3.63, 3.8) is 0 Å². The van der Waals surface area contributed by atoms with Gasteiger partial charge in [-0.05, 0) is 49.4 Å². The molecule has 0 saturated carbocycles. The highest BCUT2D eigenvalue weighted by Gasteiger charge is 2.57. The number of rotatable bonds is 8. The molecule has 11 heteroatoms. The Kier molecular flexibility index (Phi) is 8.23. The first kappa shape index (κ1) is 28.4. The first-order valence-corrected chi connectivity index (χ1v) is 13.1. The molecule has 2 N–H and O–H groups in total. The molecule has 0 spiro atoms. The number of aromatic nitrogens is 2. The van der Waals surface area contributed by atoms with Gasteiger partial charge < -0.3 is 24.6 Å². The smallest absolute Gasteiger partial charge is 0.351 e. The maximum Gasteiger partial charge on any atom is 0.351 e. The Hall–Kier alpha value is -5.13. The highest BCUT2D eigenvalue weighted by Crippen LogP contribution is 2.40. The van der Waals surface area contributed by atoms with Crippen LogP contribution in [0.15, 0.2) is 108 Å². The Morgan fingerprint density at radius 2 is 1.43 bits per heavy atom. The van der Waals surface area contributed by atoms with E-state index in [1.54, 1.807) is 91.0 Å². The number of nitrogens with one attached hydrogen (secondary N) is 1. The zero-order chi connectivity index (χ0) is 29.7. The molecule has 0 aliphatic carbocycles. The third-order valence-corrected chi connectivity index (χ3v) is 6.71. The number of carbonyl (C=O) groups is 3. The highest BCUT2D eigenvalue weighted by molar-refractivity contribution is 6.03. The van der Waals surface area contributed by atoms with Crippen LogP contribution in [0.1, 0.15) is 44.2 Å². The van der Waals surface area contributed by atoms with Crippen LogP contribution in [0.3, 0.4) is 0 Å². The predicted octanol–water partition coefficient (Wildman–Crippen LogP) is 3.23. The lowest BCUT2D eigenvalue weighted by Crippen LogP contribution is -2.48. The van der Waals surface area contributed by atoms with Crippen LogP contribution in [0.5, 0.6) is 0 Å². The third kappa shape index (κ3) is 6.12. The lowest BCUT2D eigenvalue weighted by Gasteiger charge is -2.30. The van der Waals surface area contributed by atoms with E-state index in [1.807, 2.05) is 0 Å². The van der Waals surface area contributed by atoms with Gasteiger partial charge in [0.15, 0.2) is 12.3 Å². The first-order valence-electron chi connectivity index (χ1n) is 13.1. The standard InChI is InChI=1S/C31H27N3O8/c1-31(39)25(42-28(37)22-15-9-4-10-16-22)23(19-40-27(36)21-13-7-3-8-14-21)41-29(31)34-18-17-24(33-30(34)38)32-26(35)20-11-5-2-6-12-20/h2-18,23,25,29,39H,19H2,1H3,(H,32,33,35,38)/t23-,25-,29-,31-/m1/s1. The molecule has 4 aromatic rings. The van der Waals surface area contributed by atoms with Crippen LogP contribution in [0.2, 0.25) is 0 Å². The number of amides is 1. The molecular weight excluding hydrogens is 542 g/mol. The van der Waals surface area contributed by atoms with Crippen molar-refractivity contribution >= 4 is 23.7 Å². The van der Waals surface area contributed by atoms with Crippen LogP contribution in [-0.4, -0.2) is 56.9 Å². The van der Waals surface area contributed by atoms with Crippen molar-refractivity contribution in [2.24, 2.45) is 0 Å². The second kappa shape index (κ2) is 12.2. The second-order valence-corrected chi connectivity index (χ2v) is 9.73. The first-order chi connectivity index (χ1) is 20.2. The lowest BCUT2D eigenvalue weighted by molar-refractivity contribution is -0.101. The predicted molar refractivity (Wildman–Crippen MR) is 150 cm³/mol. The summed E-state index contributed by atoms with van der Waals surface area (Å²) >= 11 is 0. The molecular formula is C31H27N3O8. The maximum atomic E-state index is 13.1. The van der Waals surface area contributed by atoms with Gasteiger partial charge in [0.1, 0.15) is 24.1 Å². The largest absolute Gasteiger partial charge is 0.459 e. The molecule has 0 radical (unpaired) electrons. The van der Waals surface area contributed by atoms with Crippen LogP contribution in [0, 0.1) is 0 Å². The maximum absolute atomic E-state index is 13.1. The molecule has 2 heterocycles. The summed E-state index contributed by atoms with van der Waals surface area (Å²) in [6, 6.07) is 26.2. The third-order valence-electron chi connectivity index (χ3n) is 6.71. The summed E-state index contributed by atoms with van der Waals surface area (Å²) in [6.45, 7) is 0.956. The number of carbonyl (C=O) groups excluding carboxylic acids is 3. The van der Waals surface area contributed by atoms with E-state index in [9.17, 15) is 24.3 Å². The molecule has 1 saturated heterocycles.